The Morgan fingerprint density at radius 1 is 1.14 bits per heavy atom. The van der Waals surface area contributed by atoms with E-state index in [2.05, 4.69) is 31.6 Å². The van der Waals surface area contributed by atoms with E-state index in [9.17, 15) is 4.79 Å². The van der Waals surface area contributed by atoms with E-state index in [0.29, 0.717) is 12.1 Å². The standard InChI is InChI=1S/C21H34N6O/c1-26(2)20(28)15-23-21(24-17-7-3-4-8-17)25-18-10-13-27(14-11-18)16-19-9-5-6-12-22-19/h5-6,9,12,17-18H,3-4,7-8,10-11,13-16H2,1-2H3,(H2,23,24,25). The molecule has 0 atom stereocenters. The fourth-order valence-corrected chi connectivity index (χ4v) is 3.83. The highest BCUT2D eigenvalue weighted by Crippen LogP contribution is 2.18. The first-order valence-corrected chi connectivity index (χ1v) is 10.5. The Hall–Kier alpha value is -2.15. The largest absolute Gasteiger partial charge is 0.354 e. The number of carbonyl (C=O) groups is 1. The predicted molar refractivity (Wildman–Crippen MR) is 112 cm³/mol. The lowest BCUT2D eigenvalue weighted by Gasteiger charge is -2.33. The molecule has 0 aromatic carbocycles. The highest BCUT2D eigenvalue weighted by molar-refractivity contribution is 5.85. The molecule has 2 heterocycles. The minimum Gasteiger partial charge on any atom is -0.354 e. The average molecular weight is 387 g/mol. The number of aliphatic imine (C=N–C) groups is 1. The molecule has 0 bridgehead atoms. The molecule has 1 aromatic rings. The molecule has 1 aromatic heterocycles. The molecule has 7 nitrogen and oxygen atoms in total. The van der Waals surface area contributed by atoms with Crippen LogP contribution in [0, 0.1) is 0 Å². The highest BCUT2D eigenvalue weighted by Gasteiger charge is 2.22. The topological polar surface area (TPSA) is 72.9 Å². The van der Waals surface area contributed by atoms with Crippen molar-refractivity contribution in [3.63, 3.8) is 0 Å². The fourth-order valence-electron chi connectivity index (χ4n) is 3.83. The van der Waals surface area contributed by atoms with E-state index in [1.54, 1.807) is 19.0 Å². The second-order valence-corrected chi connectivity index (χ2v) is 8.09. The Bertz CT molecular complexity index is 634. The zero-order chi connectivity index (χ0) is 19.8. The summed E-state index contributed by atoms with van der Waals surface area (Å²) in [6.07, 6.45) is 8.91. The minimum absolute atomic E-state index is 0.0257. The van der Waals surface area contributed by atoms with Gasteiger partial charge < -0.3 is 15.5 Å². The molecule has 154 valence electrons. The molecule has 0 radical (unpaired) electrons. The summed E-state index contributed by atoms with van der Waals surface area (Å²) in [6, 6.07) is 6.96. The Morgan fingerprint density at radius 2 is 1.82 bits per heavy atom. The van der Waals surface area contributed by atoms with E-state index in [0.717, 1.165) is 44.1 Å². The van der Waals surface area contributed by atoms with Gasteiger partial charge in [0.05, 0.1) is 5.69 Å². The number of carbonyl (C=O) groups excluding carboxylic acids is 1. The van der Waals surface area contributed by atoms with Gasteiger partial charge in [0.2, 0.25) is 5.91 Å². The first kappa shape index (κ1) is 20.6. The van der Waals surface area contributed by atoms with Gasteiger partial charge >= 0.3 is 0 Å². The number of rotatable bonds is 6. The number of nitrogens with one attached hydrogen (secondary N) is 2. The van der Waals surface area contributed by atoms with Gasteiger partial charge in [0, 0.05) is 52.0 Å². The number of nitrogens with zero attached hydrogens (tertiary/aromatic N) is 4. The smallest absolute Gasteiger partial charge is 0.243 e. The molecule has 3 rings (SSSR count). The Labute approximate surface area is 168 Å². The number of likely N-dealkylation sites (tertiary alicyclic amines) is 1. The van der Waals surface area contributed by atoms with Crippen molar-refractivity contribution in [1.82, 2.24) is 25.4 Å². The average Bonchev–Trinajstić information content (AvgIpc) is 3.21. The summed E-state index contributed by atoms with van der Waals surface area (Å²) in [4.78, 5) is 25.0. The van der Waals surface area contributed by atoms with Crippen LogP contribution in [0.15, 0.2) is 29.4 Å². The van der Waals surface area contributed by atoms with Gasteiger partial charge in [-0.25, -0.2) is 4.99 Å². The van der Waals surface area contributed by atoms with Crippen LogP contribution in [0.4, 0.5) is 0 Å². The molecule has 2 aliphatic rings. The van der Waals surface area contributed by atoms with Crippen LogP contribution in [0.5, 0.6) is 0 Å². The van der Waals surface area contributed by atoms with E-state index in [1.165, 1.54) is 25.7 Å². The van der Waals surface area contributed by atoms with Crippen LogP contribution in [0.3, 0.4) is 0 Å². The van der Waals surface area contributed by atoms with Gasteiger partial charge in [0.15, 0.2) is 5.96 Å². The Kier molecular flexibility index (Phi) is 7.65. The van der Waals surface area contributed by atoms with Gasteiger partial charge in [0.25, 0.3) is 0 Å². The summed E-state index contributed by atoms with van der Waals surface area (Å²) >= 11 is 0. The van der Waals surface area contributed by atoms with E-state index in [4.69, 9.17) is 0 Å². The number of hydrogen-bond donors (Lipinski definition) is 2. The molecule has 1 aliphatic heterocycles. The van der Waals surface area contributed by atoms with Crippen LogP contribution in [-0.4, -0.2) is 72.5 Å². The molecule has 0 spiro atoms. The van der Waals surface area contributed by atoms with Crippen molar-refractivity contribution in [2.45, 2.75) is 57.2 Å². The van der Waals surface area contributed by atoms with Crippen molar-refractivity contribution in [2.24, 2.45) is 4.99 Å². The summed E-state index contributed by atoms with van der Waals surface area (Å²) in [5, 5.41) is 7.14. The molecule has 2 fully saturated rings. The second-order valence-electron chi connectivity index (χ2n) is 8.09. The summed E-state index contributed by atoms with van der Waals surface area (Å²) in [5.74, 6) is 0.822. The van der Waals surface area contributed by atoms with Gasteiger partial charge in [0.1, 0.15) is 6.54 Å². The van der Waals surface area contributed by atoms with Crippen LogP contribution >= 0.6 is 0 Å². The number of guanidine groups is 1. The van der Waals surface area contributed by atoms with Crippen molar-refractivity contribution in [3.8, 4) is 0 Å². The van der Waals surface area contributed by atoms with Crippen molar-refractivity contribution in [3.05, 3.63) is 30.1 Å². The molecule has 28 heavy (non-hydrogen) atoms. The van der Waals surface area contributed by atoms with E-state index in [1.807, 2.05) is 18.3 Å². The number of piperidine rings is 1. The summed E-state index contributed by atoms with van der Waals surface area (Å²) in [6.45, 7) is 3.18. The third-order valence-corrected chi connectivity index (χ3v) is 5.61. The third kappa shape index (κ3) is 6.48. The molecule has 1 amide bonds. The number of aromatic nitrogens is 1. The molecular formula is C21H34N6O. The monoisotopic (exact) mass is 386 g/mol. The number of pyridine rings is 1. The van der Waals surface area contributed by atoms with Gasteiger partial charge in [-0.05, 0) is 37.8 Å². The van der Waals surface area contributed by atoms with Crippen LogP contribution in [0.25, 0.3) is 0 Å². The van der Waals surface area contributed by atoms with Gasteiger partial charge in [-0.3, -0.25) is 14.7 Å². The molecule has 0 unspecified atom stereocenters. The molecular weight excluding hydrogens is 352 g/mol. The molecule has 2 N–H and O–H groups in total. The maximum absolute atomic E-state index is 11.9. The molecule has 1 saturated carbocycles. The summed E-state index contributed by atoms with van der Waals surface area (Å²) in [5.41, 5.74) is 1.13. The summed E-state index contributed by atoms with van der Waals surface area (Å²) < 4.78 is 0. The molecule has 1 aliphatic carbocycles. The normalized spacial score (nSPS) is 19.6. The lowest BCUT2D eigenvalue weighted by molar-refractivity contribution is -0.127. The van der Waals surface area contributed by atoms with Crippen LogP contribution < -0.4 is 10.6 Å². The fraction of sp³-hybridized carbons (Fsp3) is 0.667. The summed E-state index contributed by atoms with van der Waals surface area (Å²) in [7, 11) is 3.54. The van der Waals surface area contributed by atoms with E-state index < -0.39 is 0 Å². The van der Waals surface area contributed by atoms with E-state index in [-0.39, 0.29) is 12.5 Å². The zero-order valence-corrected chi connectivity index (χ0v) is 17.2. The molecule has 1 saturated heterocycles. The van der Waals surface area contributed by atoms with Crippen LogP contribution in [0.1, 0.15) is 44.2 Å². The zero-order valence-electron chi connectivity index (χ0n) is 17.2. The quantitative estimate of drug-likeness (QED) is 0.574. The minimum atomic E-state index is 0.0257. The lowest BCUT2D eigenvalue weighted by Crippen LogP contribution is -2.50. The van der Waals surface area contributed by atoms with Crippen molar-refractivity contribution in [1.29, 1.82) is 0 Å². The SMILES string of the molecule is CN(C)C(=O)CN=C(NC1CCCC1)NC1CCN(Cc2ccccn2)CC1. The number of amides is 1. The van der Waals surface area contributed by atoms with Gasteiger partial charge in [-0.15, -0.1) is 0 Å². The Balaban J connectivity index is 1.50. The molecule has 7 heteroatoms. The maximum atomic E-state index is 11.9. The lowest BCUT2D eigenvalue weighted by atomic mass is 10.0. The van der Waals surface area contributed by atoms with E-state index >= 15 is 0 Å². The van der Waals surface area contributed by atoms with Crippen LogP contribution in [-0.2, 0) is 11.3 Å². The number of likely N-dealkylation sites (N-methyl/N-ethyl adjacent to an activating group) is 1. The highest BCUT2D eigenvalue weighted by atomic mass is 16.2. The van der Waals surface area contributed by atoms with Crippen molar-refractivity contribution >= 4 is 11.9 Å². The third-order valence-electron chi connectivity index (χ3n) is 5.61. The maximum Gasteiger partial charge on any atom is 0.243 e. The predicted octanol–water partition coefficient (Wildman–Crippen LogP) is 1.61. The van der Waals surface area contributed by atoms with Crippen molar-refractivity contribution < 1.29 is 4.79 Å². The Morgan fingerprint density at radius 3 is 2.43 bits per heavy atom. The first-order valence-electron chi connectivity index (χ1n) is 10.5. The number of hydrogen-bond acceptors (Lipinski definition) is 4. The second kappa shape index (κ2) is 10.4. The van der Waals surface area contributed by atoms with Gasteiger partial charge in [-0.2, -0.15) is 0 Å². The van der Waals surface area contributed by atoms with Crippen LogP contribution in [0.2, 0.25) is 0 Å². The van der Waals surface area contributed by atoms with Gasteiger partial charge in [-0.1, -0.05) is 18.9 Å². The first-order chi connectivity index (χ1) is 13.6. The van der Waals surface area contributed by atoms with Crippen molar-refractivity contribution in [2.75, 3.05) is 33.7 Å².